The predicted octanol–water partition coefficient (Wildman–Crippen LogP) is 3.60. The van der Waals surface area contributed by atoms with Gasteiger partial charge in [0.1, 0.15) is 6.17 Å². The van der Waals surface area contributed by atoms with E-state index in [0.717, 1.165) is 5.56 Å². The number of hydrogen-bond acceptors (Lipinski definition) is 1. The minimum Gasteiger partial charge on any atom is -0.481 e. The lowest BCUT2D eigenvalue weighted by atomic mass is 9.94. The zero-order valence-corrected chi connectivity index (χ0v) is 10.4. The van der Waals surface area contributed by atoms with E-state index in [9.17, 15) is 9.18 Å². The Morgan fingerprint density at radius 3 is 2.56 bits per heavy atom. The Morgan fingerprint density at radius 2 is 2.19 bits per heavy atom. The second-order valence-corrected chi connectivity index (χ2v) is 5.09. The number of carbonyl (C=O) groups is 1. The number of carboxylic acids is 1. The van der Waals surface area contributed by atoms with E-state index in [1.807, 2.05) is 0 Å². The summed E-state index contributed by atoms with van der Waals surface area (Å²) >= 11 is 3.28. The maximum absolute atomic E-state index is 13.2. The molecule has 0 heterocycles. The maximum atomic E-state index is 13.2. The first kappa shape index (κ1) is 11.6. The third-order valence-corrected chi connectivity index (χ3v) is 3.83. The van der Waals surface area contributed by atoms with E-state index < -0.39 is 17.6 Å². The fourth-order valence-electron chi connectivity index (χ4n) is 1.90. The highest BCUT2D eigenvalue weighted by molar-refractivity contribution is 9.10. The fourth-order valence-corrected chi connectivity index (χ4v) is 2.59. The van der Waals surface area contributed by atoms with Crippen molar-refractivity contribution in [2.45, 2.75) is 31.4 Å². The Bertz CT molecular complexity index is 439. The minimum absolute atomic E-state index is 0.560. The molecule has 1 unspecified atom stereocenters. The van der Waals surface area contributed by atoms with Gasteiger partial charge < -0.3 is 5.11 Å². The highest BCUT2D eigenvalue weighted by Crippen LogP contribution is 2.49. The van der Waals surface area contributed by atoms with Gasteiger partial charge in [0, 0.05) is 4.47 Å². The van der Waals surface area contributed by atoms with Crippen LogP contribution in [-0.2, 0) is 10.2 Å². The highest BCUT2D eigenvalue weighted by Gasteiger charge is 2.51. The molecule has 1 saturated carbocycles. The molecule has 0 radical (unpaired) electrons. The summed E-state index contributed by atoms with van der Waals surface area (Å²) in [5.41, 5.74) is 0.599. The summed E-state index contributed by atoms with van der Waals surface area (Å²) in [4.78, 5) is 11.1. The van der Waals surface area contributed by atoms with E-state index in [1.165, 1.54) is 6.92 Å². The van der Waals surface area contributed by atoms with Crippen LogP contribution in [0.25, 0.3) is 0 Å². The molecule has 1 aliphatic rings. The van der Waals surface area contributed by atoms with Crippen molar-refractivity contribution in [1.29, 1.82) is 0 Å². The van der Waals surface area contributed by atoms with Crippen LogP contribution in [0.4, 0.5) is 4.39 Å². The van der Waals surface area contributed by atoms with E-state index in [-0.39, 0.29) is 0 Å². The molecule has 0 saturated heterocycles. The third kappa shape index (κ3) is 1.75. The molecule has 1 N–H and O–H groups in total. The van der Waals surface area contributed by atoms with Crippen molar-refractivity contribution in [3.63, 3.8) is 0 Å². The Morgan fingerprint density at radius 1 is 1.56 bits per heavy atom. The van der Waals surface area contributed by atoms with Crippen LogP contribution in [0.2, 0.25) is 0 Å². The van der Waals surface area contributed by atoms with E-state index in [1.54, 1.807) is 18.2 Å². The molecule has 1 aromatic carbocycles. The van der Waals surface area contributed by atoms with Gasteiger partial charge in [-0.15, -0.1) is 0 Å². The summed E-state index contributed by atoms with van der Waals surface area (Å²) in [6.45, 7) is 1.46. The predicted molar refractivity (Wildman–Crippen MR) is 62.2 cm³/mol. The van der Waals surface area contributed by atoms with Gasteiger partial charge in [0.2, 0.25) is 0 Å². The topological polar surface area (TPSA) is 37.3 Å². The van der Waals surface area contributed by atoms with Gasteiger partial charge in [-0.1, -0.05) is 28.1 Å². The normalized spacial score (nSPS) is 19.2. The second kappa shape index (κ2) is 3.84. The van der Waals surface area contributed by atoms with Gasteiger partial charge >= 0.3 is 5.97 Å². The Kier molecular flexibility index (Phi) is 2.78. The van der Waals surface area contributed by atoms with Crippen LogP contribution >= 0.6 is 15.9 Å². The van der Waals surface area contributed by atoms with Crippen molar-refractivity contribution in [2.24, 2.45) is 0 Å². The molecule has 4 heteroatoms. The quantitative estimate of drug-likeness (QED) is 0.922. The molecular weight excluding hydrogens is 275 g/mol. The molecule has 0 aliphatic heterocycles. The minimum atomic E-state index is -1.05. The first-order valence-corrected chi connectivity index (χ1v) is 5.94. The zero-order valence-electron chi connectivity index (χ0n) is 8.84. The summed E-state index contributed by atoms with van der Waals surface area (Å²) in [7, 11) is 0. The first-order valence-electron chi connectivity index (χ1n) is 5.15. The van der Waals surface area contributed by atoms with Crippen LogP contribution in [0.15, 0.2) is 22.7 Å². The van der Waals surface area contributed by atoms with Crippen molar-refractivity contribution >= 4 is 21.9 Å². The lowest BCUT2D eigenvalue weighted by Crippen LogP contribution is -2.19. The molecular formula is C12H12BrFO2. The van der Waals surface area contributed by atoms with Gasteiger partial charge in [-0.25, -0.2) is 4.39 Å². The van der Waals surface area contributed by atoms with Crippen LogP contribution in [-0.4, -0.2) is 11.1 Å². The van der Waals surface area contributed by atoms with E-state index in [4.69, 9.17) is 5.11 Å². The van der Waals surface area contributed by atoms with E-state index in [2.05, 4.69) is 15.9 Å². The van der Waals surface area contributed by atoms with Crippen molar-refractivity contribution in [3.8, 4) is 0 Å². The van der Waals surface area contributed by atoms with Crippen LogP contribution in [0, 0.1) is 0 Å². The standard InChI is InChI=1S/C12H12BrFO2/c1-7(14)9-3-2-8(6-10(9)13)12(4-5-12)11(15)16/h2-3,6-7H,4-5H2,1H3,(H,15,16). The van der Waals surface area contributed by atoms with Gasteiger partial charge in [-0.2, -0.15) is 0 Å². The summed E-state index contributed by atoms with van der Waals surface area (Å²) in [5, 5.41) is 9.14. The molecule has 2 rings (SSSR count). The number of alkyl halides is 1. The maximum Gasteiger partial charge on any atom is 0.314 e. The number of benzene rings is 1. The van der Waals surface area contributed by atoms with Gasteiger partial charge in [0.05, 0.1) is 5.41 Å². The molecule has 86 valence electrons. The molecule has 0 bridgehead atoms. The molecule has 0 aromatic heterocycles. The van der Waals surface area contributed by atoms with E-state index in [0.29, 0.717) is 22.9 Å². The highest BCUT2D eigenvalue weighted by atomic mass is 79.9. The molecule has 0 amide bonds. The van der Waals surface area contributed by atoms with Gasteiger partial charge in [0.15, 0.2) is 0 Å². The van der Waals surface area contributed by atoms with Crippen molar-refractivity contribution in [1.82, 2.24) is 0 Å². The largest absolute Gasteiger partial charge is 0.481 e. The molecule has 1 atom stereocenters. The molecule has 1 aromatic rings. The lowest BCUT2D eigenvalue weighted by Gasteiger charge is -2.13. The first-order chi connectivity index (χ1) is 7.47. The van der Waals surface area contributed by atoms with Crippen molar-refractivity contribution < 1.29 is 14.3 Å². The molecule has 2 nitrogen and oxygen atoms in total. The number of halogens is 2. The number of carboxylic acid groups (broad SMARTS) is 1. The third-order valence-electron chi connectivity index (χ3n) is 3.14. The average Bonchev–Trinajstić information content (AvgIpc) is 2.97. The van der Waals surface area contributed by atoms with Crippen LogP contribution in [0.1, 0.15) is 37.1 Å². The smallest absolute Gasteiger partial charge is 0.314 e. The average molecular weight is 287 g/mol. The van der Waals surface area contributed by atoms with Gasteiger partial charge in [-0.05, 0) is 37.0 Å². The zero-order chi connectivity index (χ0) is 11.9. The molecule has 1 aliphatic carbocycles. The number of rotatable bonds is 3. The molecule has 0 spiro atoms. The van der Waals surface area contributed by atoms with Crippen LogP contribution in [0.5, 0.6) is 0 Å². The number of hydrogen-bond donors (Lipinski definition) is 1. The molecule has 16 heavy (non-hydrogen) atoms. The lowest BCUT2D eigenvalue weighted by molar-refractivity contribution is -0.140. The Labute approximate surface area is 102 Å². The number of aliphatic carboxylic acids is 1. The Balaban J connectivity index is 2.39. The Hall–Kier alpha value is -0.900. The monoisotopic (exact) mass is 286 g/mol. The van der Waals surface area contributed by atoms with Crippen LogP contribution < -0.4 is 0 Å². The second-order valence-electron chi connectivity index (χ2n) is 4.24. The summed E-state index contributed by atoms with van der Waals surface area (Å²) < 4.78 is 13.8. The van der Waals surface area contributed by atoms with Crippen molar-refractivity contribution in [2.75, 3.05) is 0 Å². The fraction of sp³-hybridized carbons (Fsp3) is 0.417. The summed E-state index contributed by atoms with van der Waals surface area (Å²) in [6.07, 6.45) is 0.280. The van der Waals surface area contributed by atoms with Crippen molar-refractivity contribution in [3.05, 3.63) is 33.8 Å². The van der Waals surface area contributed by atoms with Crippen LogP contribution in [0.3, 0.4) is 0 Å². The van der Waals surface area contributed by atoms with E-state index >= 15 is 0 Å². The molecule has 1 fully saturated rings. The summed E-state index contributed by atoms with van der Waals surface area (Å²) in [6, 6.07) is 5.11. The summed E-state index contributed by atoms with van der Waals surface area (Å²) in [5.74, 6) is -0.791. The SMILES string of the molecule is CC(F)c1ccc(C2(C(=O)O)CC2)cc1Br. The van der Waals surface area contributed by atoms with Gasteiger partial charge in [0.25, 0.3) is 0 Å². The van der Waals surface area contributed by atoms with Gasteiger partial charge in [-0.3, -0.25) is 4.79 Å².